The summed E-state index contributed by atoms with van der Waals surface area (Å²) < 4.78 is 0.0847. The average Bonchev–Trinajstić information content (AvgIpc) is 2.52. The van der Waals surface area contributed by atoms with E-state index in [1.165, 1.54) is 88.2 Å². The highest BCUT2D eigenvalue weighted by Gasteiger charge is 2.18. The Bertz CT molecular complexity index is 403. The van der Waals surface area contributed by atoms with E-state index in [0.717, 1.165) is 0 Å². The van der Waals surface area contributed by atoms with Crippen molar-refractivity contribution in [3.63, 3.8) is 0 Å². The average molecular weight is 381 g/mol. The maximum absolute atomic E-state index is 3.81. The van der Waals surface area contributed by atoms with Gasteiger partial charge in [-0.05, 0) is 37.8 Å². The molecule has 1 aromatic carbocycles. The van der Waals surface area contributed by atoms with Gasteiger partial charge in [0.05, 0.1) is 0 Å². The summed E-state index contributed by atoms with van der Waals surface area (Å²) in [5.74, 6) is 0. The molecule has 1 heteroatoms. The summed E-state index contributed by atoms with van der Waals surface area (Å²) in [5.41, 5.74) is 2.97. The summed E-state index contributed by atoms with van der Waals surface area (Å²) in [7, 11) is 0. The van der Waals surface area contributed by atoms with Crippen molar-refractivity contribution in [2.24, 2.45) is 0 Å². The Kier molecular flexibility index (Phi) is 10.9. The van der Waals surface area contributed by atoms with Gasteiger partial charge < -0.3 is 0 Å². The minimum absolute atomic E-state index is 0.0847. The van der Waals surface area contributed by atoms with E-state index in [1.807, 2.05) is 0 Å². The third kappa shape index (κ3) is 9.55. The molecule has 0 fully saturated rings. The molecule has 1 aromatic rings. The summed E-state index contributed by atoms with van der Waals surface area (Å²) in [5, 5.41) is 0. The van der Waals surface area contributed by atoms with Crippen molar-refractivity contribution in [1.29, 1.82) is 0 Å². The van der Waals surface area contributed by atoms with Gasteiger partial charge in [0.15, 0.2) is 0 Å². The summed E-state index contributed by atoms with van der Waals surface area (Å²) in [6.07, 6.45) is 16.8. The molecule has 0 spiro atoms. The molecule has 23 heavy (non-hydrogen) atoms. The van der Waals surface area contributed by atoms with Gasteiger partial charge in [0, 0.05) is 4.32 Å². The fraction of sp³-hybridized carbons (Fsp3) is 0.727. The van der Waals surface area contributed by atoms with E-state index in [4.69, 9.17) is 0 Å². The molecule has 0 heterocycles. The number of unbranched alkanes of at least 4 members (excludes halogenated alkanes) is 10. The Labute approximate surface area is 153 Å². The van der Waals surface area contributed by atoms with Crippen LogP contribution < -0.4 is 0 Å². The van der Waals surface area contributed by atoms with Crippen LogP contribution in [0.4, 0.5) is 0 Å². The van der Waals surface area contributed by atoms with Gasteiger partial charge in [0.1, 0.15) is 0 Å². The molecule has 0 nitrogen and oxygen atoms in total. The number of rotatable bonds is 13. The highest BCUT2D eigenvalue weighted by molar-refractivity contribution is 9.09. The molecule has 0 radical (unpaired) electrons. The van der Waals surface area contributed by atoms with Gasteiger partial charge >= 0.3 is 0 Å². The Hall–Kier alpha value is -0.300. The first-order chi connectivity index (χ1) is 11.1. The van der Waals surface area contributed by atoms with Crippen LogP contribution in [0.5, 0.6) is 0 Å². The molecule has 0 aliphatic rings. The van der Waals surface area contributed by atoms with Crippen molar-refractivity contribution in [3.05, 3.63) is 35.4 Å². The number of hydrogen-bond donors (Lipinski definition) is 0. The van der Waals surface area contributed by atoms with E-state index in [0.29, 0.717) is 0 Å². The van der Waals surface area contributed by atoms with Crippen molar-refractivity contribution in [2.45, 2.75) is 102 Å². The van der Waals surface area contributed by atoms with Gasteiger partial charge in [0.2, 0.25) is 0 Å². The summed E-state index contributed by atoms with van der Waals surface area (Å²) in [6.45, 7) is 6.77. The second kappa shape index (κ2) is 12.1. The van der Waals surface area contributed by atoms with Gasteiger partial charge in [-0.3, -0.25) is 0 Å². The van der Waals surface area contributed by atoms with E-state index in [2.05, 4.69) is 61.0 Å². The predicted octanol–water partition coefficient (Wildman–Crippen LogP) is 8.17. The Morgan fingerprint density at radius 2 is 1.22 bits per heavy atom. The van der Waals surface area contributed by atoms with E-state index in [-0.39, 0.29) is 4.32 Å². The first kappa shape index (κ1) is 20.7. The van der Waals surface area contributed by atoms with Gasteiger partial charge in [-0.15, -0.1) is 0 Å². The van der Waals surface area contributed by atoms with Crippen LogP contribution in [-0.2, 0) is 10.7 Å². The largest absolute Gasteiger partial charge is 0.0807 e. The highest BCUT2D eigenvalue weighted by Crippen LogP contribution is 2.33. The van der Waals surface area contributed by atoms with Crippen LogP contribution in [0.2, 0.25) is 0 Å². The van der Waals surface area contributed by atoms with E-state index in [1.54, 1.807) is 0 Å². The Morgan fingerprint density at radius 3 is 1.74 bits per heavy atom. The number of benzene rings is 1. The van der Waals surface area contributed by atoms with Crippen molar-refractivity contribution in [1.82, 2.24) is 0 Å². The molecule has 0 bridgehead atoms. The van der Waals surface area contributed by atoms with Crippen molar-refractivity contribution in [2.75, 3.05) is 0 Å². The molecule has 0 unspecified atom stereocenters. The fourth-order valence-electron chi connectivity index (χ4n) is 3.30. The molecule has 132 valence electrons. The maximum Gasteiger partial charge on any atom is 0.0452 e. The van der Waals surface area contributed by atoms with Crippen LogP contribution in [0.15, 0.2) is 24.3 Å². The zero-order chi connectivity index (χ0) is 17.0. The topological polar surface area (TPSA) is 0 Å². The van der Waals surface area contributed by atoms with Gasteiger partial charge in [-0.1, -0.05) is 111 Å². The number of aryl methyl sites for hydroxylation is 1. The summed E-state index contributed by atoms with van der Waals surface area (Å²) in [4.78, 5) is 0. The van der Waals surface area contributed by atoms with Crippen LogP contribution in [0.1, 0.15) is 103 Å². The normalized spacial score (nSPS) is 11.8. The monoisotopic (exact) mass is 380 g/mol. The van der Waals surface area contributed by atoms with Crippen molar-refractivity contribution in [3.8, 4) is 0 Å². The summed E-state index contributed by atoms with van der Waals surface area (Å²) >= 11 is 3.81. The molecule has 0 aromatic heterocycles. The van der Waals surface area contributed by atoms with Gasteiger partial charge in [-0.25, -0.2) is 0 Å². The van der Waals surface area contributed by atoms with E-state index in [9.17, 15) is 0 Å². The van der Waals surface area contributed by atoms with E-state index >= 15 is 0 Å². The molecule has 0 amide bonds. The minimum Gasteiger partial charge on any atom is -0.0807 e. The third-order valence-corrected chi connectivity index (χ3v) is 5.13. The molecule has 0 saturated carbocycles. The molecular weight excluding hydrogens is 344 g/mol. The predicted molar refractivity (Wildman–Crippen MR) is 109 cm³/mol. The lowest BCUT2D eigenvalue weighted by molar-refractivity contribution is 0.549. The second-order valence-electron chi connectivity index (χ2n) is 7.42. The number of alkyl halides is 1. The Balaban J connectivity index is 2.08. The lowest BCUT2D eigenvalue weighted by Crippen LogP contribution is -2.10. The molecule has 0 atom stereocenters. The van der Waals surface area contributed by atoms with Crippen LogP contribution in [-0.4, -0.2) is 0 Å². The smallest absolute Gasteiger partial charge is 0.0452 e. The minimum atomic E-state index is 0.0847. The first-order valence-corrected chi connectivity index (χ1v) is 10.6. The lowest BCUT2D eigenvalue weighted by atomic mass is 9.93. The van der Waals surface area contributed by atoms with Crippen LogP contribution in [0.25, 0.3) is 0 Å². The van der Waals surface area contributed by atoms with Crippen LogP contribution in [0, 0.1) is 0 Å². The lowest BCUT2D eigenvalue weighted by Gasteiger charge is -2.21. The molecule has 1 rings (SSSR count). The van der Waals surface area contributed by atoms with Crippen molar-refractivity contribution < 1.29 is 0 Å². The van der Waals surface area contributed by atoms with Crippen LogP contribution in [0.3, 0.4) is 0 Å². The SMILES string of the molecule is CCCCCCCCCCCCCc1ccccc1C(C)(C)Br. The molecule has 0 saturated heterocycles. The third-order valence-electron chi connectivity index (χ3n) is 4.71. The van der Waals surface area contributed by atoms with Gasteiger partial charge in [-0.2, -0.15) is 0 Å². The first-order valence-electron chi connectivity index (χ1n) is 9.83. The van der Waals surface area contributed by atoms with E-state index < -0.39 is 0 Å². The zero-order valence-electron chi connectivity index (χ0n) is 15.7. The number of hydrogen-bond acceptors (Lipinski definition) is 0. The molecule has 0 N–H and O–H groups in total. The molecule has 0 aliphatic carbocycles. The standard InChI is InChI=1S/C22H37Br/c1-4-5-6-7-8-9-10-11-12-13-14-17-20-18-15-16-19-21(20)22(2,3)23/h15-16,18-19H,4-14,17H2,1-3H3. The molecule has 0 aliphatic heterocycles. The zero-order valence-corrected chi connectivity index (χ0v) is 17.3. The fourth-order valence-corrected chi connectivity index (χ4v) is 3.68. The maximum atomic E-state index is 3.81. The quantitative estimate of drug-likeness (QED) is 0.239. The van der Waals surface area contributed by atoms with Crippen molar-refractivity contribution >= 4 is 15.9 Å². The van der Waals surface area contributed by atoms with Gasteiger partial charge in [0.25, 0.3) is 0 Å². The summed E-state index contributed by atoms with van der Waals surface area (Å²) in [6, 6.07) is 8.90. The second-order valence-corrected chi connectivity index (χ2v) is 9.40. The highest BCUT2D eigenvalue weighted by atomic mass is 79.9. The Morgan fingerprint density at radius 1 is 0.739 bits per heavy atom. The number of halogens is 1. The molecular formula is C22H37Br. The van der Waals surface area contributed by atoms with Crippen LogP contribution >= 0.6 is 15.9 Å².